The summed E-state index contributed by atoms with van der Waals surface area (Å²) in [6.07, 6.45) is 4.01. The average Bonchev–Trinajstić information content (AvgIpc) is 3.41. The van der Waals surface area contributed by atoms with E-state index in [9.17, 15) is 19.5 Å². The molecule has 3 rings (SSSR count). The van der Waals surface area contributed by atoms with E-state index in [4.69, 9.17) is 0 Å². The van der Waals surface area contributed by atoms with Crippen molar-refractivity contribution in [2.75, 3.05) is 7.05 Å². The average molecular weight is 340 g/mol. The number of phenols is 1. The van der Waals surface area contributed by atoms with Gasteiger partial charge in [-0.05, 0) is 30.9 Å². The number of nitrogens with one attached hydrogen (secondary N) is 1. The predicted octanol–water partition coefficient (Wildman–Crippen LogP) is 1.94. The summed E-state index contributed by atoms with van der Waals surface area (Å²) in [7, 11) is 1.44. The van der Waals surface area contributed by atoms with Crippen LogP contribution in [-0.2, 0) is 6.54 Å². The van der Waals surface area contributed by atoms with Gasteiger partial charge in [0.1, 0.15) is 11.3 Å². The highest BCUT2D eigenvalue weighted by atomic mass is 16.3. The van der Waals surface area contributed by atoms with E-state index < -0.39 is 11.5 Å². The van der Waals surface area contributed by atoms with Gasteiger partial charge in [-0.2, -0.15) is 0 Å². The standard InChI is InChI=1S/C19H20N2O4/c1-20-18(24)15-9-14(17(23)8-12-6-7-12)11-21(19(15)25)10-13-4-2-3-5-16(13)22/h2-5,9,11-12,22H,6-8,10H2,1H3,(H,20,24). The largest absolute Gasteiger partial charge is 0.508 e. The molecule has 0 bridgehead atoms. The maximum absolute atomic E-state index is 12.6. The molecule has 25 heavy (non-hydrogen) atoms. The maximum Gasteiger partial charge on any atom is 0.263 e. The van der Waals surface area contributed by atoms with Crippen molar-refractivity contribution in [1.82, 2.24) is 9.88 Å². The number of aromatic nitrogens is 1. The molecule has 6 heteroatoms. The van der Waals surface area contributed by atoms with Gasteiger partial charge in [-0.3, -0.25) is 14.4 Å². The fourth-order valence-electron chi connectivity index (χ4n) is 2.73. The Labute approximate surface area is 145 Å². The SMILES string of the molecule is CNC(=O)c1cc(C(=O)CC2CC2)cn(Cc2ccccc2O)c1=O. The minimum absolute atomic E-state index is 0.0607. The van der Waals surface area contributed by atoms with E-state index >= 15 is 0 Å². The molecule has 0 radical (unpaired) electrons. The van der Waals surface area contributed by atoms with Crippen molar-refractivity contribution in [3.05, 3.63) is 63.6 Å². The topological polar surface area (TPSA) is 88.4 Å². The third-order valence-corrected chi connectivity index (χ3v) is 4.38. The van der Waals surface area contributed by atoms with Gasteiger partial charge < -0.3 is 15.0 Å². The number of phenolic OH excluding ortho intramolecular Hbond substituents is 1. The second kappa shape index (κ2) is 6.93. The highest BCUT2D eigenvalue weighted by molar-refractivity contribution is 6.00. The first-order valence-electron chi connectivity index (χ1n) is 8.26. The number of para-hydroxylation sites is 1. The van der Waals surface area contributed by atoms with Crippen molar-refractivity contribution in [2.45, 2.75) is 25.8 Å². The number of carbonyl (C=O) groups is 2. The highest BCUT2D eigenvalue weighted by Crippen LogP contribution is 2.33. The van der Waals surface area contributed by atoms with Gasteiger partial charge in [-0.25, -0.2) is 0 Å². The molecule has 1 saturated carbocycles. The van der Waals surface area contributed by atoms with Crippen LogP contribution in [0.25, 0.3) is 0 Å². The summed E-state index contributed by atoms with van der Waals surface area (Å²) in [6.45, 7) is 0.0834. The second-order valence-corrected chi connectivity index (χ2v) is 6.35. The number of Topliss-reactive ketones (excluding diaryl/α,β-unsaturated/α-hetero) is 1. The summed E-state index contributed by atoms with van der Waals surface area (Å²) in [5.41, 5.74) is 0.324. The van der Waals surface area contributed by atoms with Crippen molar-refractivity contribution in [3.8, 4) is 5.75 Å². The van der Waals surface area contributed by atoms with Crippen molar-refractivity contribution in [1.29, 1.82) is 0 Å². The molecule has 0 aliphatic heterocycles. The molecular formula is C19H20N2O4. The van der Waals surface area contributed by atoms with E-state index in [0.29, 0.717) is 23.5 Å². The zero-order valence-corrected chi connectivity index (χ0v) is 14.0. The van der Waals surface area contributed by atoms with Crippen LogP contribution >= 0.6 is 0 Å². The number of nitrogens with zero attached hydrogens (tertiary/aromatic N) is 1. The van der Waals surface area contributed by atoms with Crippen LogP contribution in [0.4, 0.5) is 0 Å². The van der Waals surface area contributed by atoms with E-state index in [1.54, 1.807) is 18.2 Å². The Bertz CT molecular complexity index is 881. The van der Waals surface area contributed by atoms with Crippen LogP contribution < -0.4 is 10.9 Å². The zero-order chi connectivity index (χ0) is 18.0. The third kappa shape index (κ3) is 3.79. The van der Waals surface area contributed by atoms with Gasteiger partial charge in [0.15, 0.2) is 5.78 Å². The van der Waals surface area contributed by atoms with Crippen molar-refractivity contribution >= 4 is 11.7 Å². The van der Waals surface area contributed by atoms with E-state index in [1.165, 1.54) is 29.9 Å². The lowest BCUT2D eigenvalue weighted by molar-refractivity contribution is 0.0961. The molecule has 6 nitrogen and oxygen atoms in total. The highest BCUT2D eigenvalue weighted by Gasteiger charge is 2.26. The van der Waals surface area contributed by atoms with E-state index in [1.807, 2.05) is 0 Å². The summed E-state index contributed by atoms with van der Waals surface area (Å²) in [6, 6.07) is 8.03. The number of aromatic hydroxyl groups is 1. The summed E-state index contributed by atoms with van der Waals surface area (Å²) in [5.74, 6) is -0.129. The zero-order valence-electron chi connectivity index (χ0n) is 14.0. The predicted molar refractivity (Wildman–Crippen MR) is 93.0 cm³/mol. The Hall–Kier alpha value is -2.89. The molecular weight excluding hydrogens is 320 g/mol. The molecule has 2 N–H and O–H groups in total. The number of hydrogen-bond acceptors (Lipinski definition) is 4. The molecule has 2 aromatic rings. The number of rotatable bonds is 6. The molecule has 1 amide bonds. The fourth-order valence-corrected chi connectivity index (χ4v) is 2.73. The number of amides is 1. The van der Waals surface area contributed by atoms with Crippen LogP contribution in [0.5, 0.6) is 5.75 Å². The summed E-state index contributed by atoms with van der Waals surface area (Å²) >= 11 is 0. The van der Waals surface area contributed by atoms with Crippen LogP contribution in [0, 0.1) is 5.92 Å². The van der Waals surface area contributed by atoms with Gasteiger partial charge in [0, 0.05) is 30.8 Å². The smallest absolute Gasteiger partial charge is 0.263 e. The van der Waals surface area contributed by atoms with Crippen molar-refractivity contribution < 1.29 is 14.7 Å². The summed E-state index contributed by atoms with van der Waals surface area (Å²) in [5, 5.41) is 12.4. The number of carbonyl (C=O) groups excluding carboxylic acids is 2. The Balaban J connectivity index is 2.02. The van der Waals surface area contributed by atoms with Crippen LogP contribution in [0.2, 0.25) is 0 Å². The lowest BCUT2D eigenvalue weighted by atomic mass is 10.0. The first-order valence-corrected chi connectivity index (χ1v) is 8.26. The quantitative estimate of drug-likeness (QED) is 0.787. The normalized spacial score (nSPS) is 13.5. The molecule has 0 atom stereocenters. The van der Waals surface area contributed by atoms with Crippen LogP contribution in [0.1, 0.15) is 45.5 Å². The van der Waals surface area contributed by atoms with Gasteiger partial charge in [-0.15, -0.1) is 0 Å². The lowest BCUT2D eigenvalue weighted by Gasteiger charge is -2.12. The monoisotopic (exact) mass is 340 g/mol. The molecule has 1 aliphatic carbocycles. The Morgan fingerprint density at radius 1 is 1.28 bits per heavy atom. The second-order valence-electron chi connectivity index (χ2n) is 6.35. The van der Waals surface area contributed by atoms with E-state index in [-0.39, 0.29) is 23.6 Å². The fraction of sp³-hybridized carbons (Fsp3) is 0.316. The first kappa shape index (κ1) is 17.0. The number of ketones is 1. The maximum atomic E-state index is 12.6. The van der Waals surface area contributed by atoms with Crippen LogP contribution in [-0.4, -0.2) is 28.4 Å². The van der Waals surface area contributed by atoms with Gasteiger partial charge in [-0.1, -0.05) is 18.2 Å². The minimum Gasteiger partial charge on any atom is -0.508 e. The minimum atomic E-state index is -0.530. The van der Waals surface area contributed by atoms with Gasteiger partial charge in [0.05, 0.1) is 6.54 Å². The Morgan fingerprint density at radius 2 is 2.00 bits per heavy atom. The van der Waals surface area contributed by atoms with Crippen molar-refractivity contribution in [3.63, 3.8) is 0 Å². The Morgan fingerprint density at radius 3 is 2.64 bits per heavy atom. The molecule has 1 aromatic heterocycles. The molecule has 130 valence electrons. The molecule has 1 fully saturated rings. The number of pyridine rings is 1. The Kier molecular flexibility index (Phi) is 4.70. The van der Waals surface area contributed by atoms with Crippen molar-refractivity contribution in [2.24, 2.45) is 5.92 Å². The van der Waals surface area contributed by atoms with E-state index in [0.717, 1.165) is 12.8 Å². The van der Waals surface area contributed by atoms with Gasteiger partial charge in [0.25, 0.3) is 11.5 Å². The first-order chi connectivity index (χ1) is 12.0. The number of hydrogen-bond donors (Lipinski definition) is 2. The van der Waals surface area contributed by atoms with Gasteiger partial charge >= 0.3 is 0 Å². The van der Waals surface area contributed by atoms with Crippen LogP contribution in [0.15, 0.2) is 41.3 Å². The molecule has 1 aliphatic rings. The molecule has 0 saturated heterocycles. The molecule has 0 spiro atoms. The molecule has 1 aromatic carbocycles. The van der Waals surface area contributed by atoms with E-state index in [2.05, 4.69) is 5.32 Å². The summed E-state index contributed by atoms with van der Waals surface area (Å²) < 4.78 is 1.31. The molecule has 1 heterocycles. The van der Waals surface area contributed by atoms with Gasteiger partial charge in [0.2, 0.25) is 0 Å². The van der Waals surface area contributed by atoms with Crippen LogP contribution in [0.3, 0.4) is 0 Å². The molecule has 0 unspecified atom stereocenters. The number of benzene rings is 1. The summed E-state index contributed by atoms with van der Waals surface area (Å²) in [4.78, 5) is 37.1. The lowest BCUT2D eigenvalue weighted by Crippen LogP contribution is -2.32. The third-order valence-electron chi connectivity index (χ3n) is 4.38.